The van der Waals surface area contributed by atoms with Gasteiger partial charge in [0.05, 0.1) is 35.8 Å². The molecule has 0 radical (unpaired) electrons. The zero-order chi connectivity index (χ0) is 30.4. The number of aliphatic hydroxyl groups excluding tert-OH is 1. The molecular weight excluding hydrogens is 562 g/mol. The molecule has 2 fully saturated rings. The number of aliphatic hydroxyl groups is 1. The Balaban J connectivity index is 1.42. The fourth-order valence-electron chi connectivity index (χ4n) is 7.38. The van der Waals surface area contributed by atoms with E-state index in [4.69, 9.17) is 4.74 Å². The van der Waals surface area contributed by atoms with Crippen molar-refractivity contribution in [1.82, 2.24) is 9.80 Å². The largest absolute Gasteiger partial charge is 0.494 e. The van der Waals surface area contributed by atoms with Crippen LogP contribution in [0.3, 0.4) is 0 Å². The van der Waals surface area contributed by atoms with Crippen molar-refractivity contribution in [3.63, 3.8) is 0 Å². The number of ether oxygens (including phenoxy) is 1. The summed E-state index contributed by atoms with van der Waals surface area (Å²) in [5, 5.41) is 10.4. The van der Waals surface area contributed by atoms with E-state index < -0.39 is 33.4 Å². The summed E-state index contributed by atoms with van der Waals surface area (Å²) in [6.45, 7) is 7.36. The Morgan fingerprint density at radius 2 is 1.65 bits per heavy atom. The SMILES string of the molecule is CCOc1ccc(N2CC=C[C@@]3(C)S[C@]45C=CCN(Cc6ccccc6)C(=O)C4N([C@@H](CC)CO)C(=O)[C@@H]5[C@H]3C2=O)cc1. The second kappa shape index (κ2) is 11.5. The first-order valence-corrected chi connectivity index (χ1v) is 15.9. The number of amides is 3. The fraction of sp³-hybridized carbons (Fsp3) is 0.441. The van der Waals surface area contributed by atoms with Gasteiger partial charge in [0.25, 0.3) is 0 Å². The van der Waals surface area contributed by atoms with Crippen LogP contribution in [-0.4, -0.2) is 80.5 Å². The number of fused-ring (bicyclic) bond motifs is 2. The molecule has 0 aromatic heterocycles. The predicted octanol–water partition coefficient (Wildman–Crippen LogP) is 4.05. The van der Waals surface area contributed by atoms with Crippen molar-refractivity contribution >= 4 is 35.2 Å². The summed E-state index contributed by atoms with van der Waals surface area (Å²) < 4.78 is 3.94. The van der Waals surface area contributed by atoms with Gasteiger partial charge in [-0.25, -0.2) is 0 Å². The zero-order valence-corrected chi connectivity index (χ0v) is 25.7. The molecule has 8 nitrogen and oxygen atoms in total. The Morgan fingerprint density at radius 1 is 0.930 bits per heavy atom. The molecule has 6 atom stereocenters. The van der Waals surface area contributed by atoms with Gasteiger partial charge in [-0.15, -0.1) is 11.8 Å². The van der Waals surface area contributed by atoms with Gasteiger partial charge < -0.3 is 24.5 Å². The fourth-order valence-corrected chi connectivity index (χ4v) is 9.53. The number of benzene rings is 2. The molecule has 226 valence electrons. The van der Waals surface area contributed by atoms with Crippen LogP contribution in [0.4, 0.5) is 5.69 Å². The van der Waals surface area contributed by atoms with Crippen LogP contribution in [-0.2, 0) is 20.9 Å². The predicted molar refractivity (Wildman–Crippen MR) is 168 cm³/mol. The van der Waals surface area contributed by atoms with Gasteiger partial charge in [0.1, 0.15) is 11.8 Å². The van der Waals surface area contributed by atoms with E-state index in [0.717, 1.165) is 17.0 Å². The Labute approximate surface area is 257 Å². The van der Waals surface area contributed by atoms with Crippen molar-refractivity contribution in [2.75, 3.05) is 31.2 Å². The maximum atomic E-state index is 14.6. The van der Waals surface area contributed by atoms with Crippen molar-refractivity contribution in [2.45, 2.75) is 55.3 Å². The van der Waals surface area contributed by atoms with E-state index in [9.17, 15) is 19.5 Å². The molecule has 0 saturated carbocycles. The van der Waals surface area contributed by atoms with Crippen LogP contribution < -0.4 is 9.64 Å². The number of carbonyl (C=O) groups is 3. The zero-order valence-electron chi connectivity index (χ0n) is 24.9. The second-order valence-electron chi connectivity index (χ2n) is 11.9. The van der Waals surface area contributed by atoms with Crippen LogP contribution in [0, 0.1) is 11.8 Å². The van der Waals surface area contributed by atoms with E-state index in [-0.39, 0.29) is 24.3 Å². The van der Waals surface area contributed by atoms with E-state index in [1.807, 2.05) is 93.6 Å². The molecule has 4 heterocycles. The molecule has 0 aliphatic carbocycles. The number of anilines is 1. The van der Waals surface area contributed by atoms with Crippen molar-refractivity contribution in [1.29, 1.82) is 0 Å². The number of likely N-dealkylation sites (tertiary alicyclic amines) is 1. The molecule has 2 aromatic rings. The lowest BCUT2D eigenvalue weighted by Gasteiger charge is -2.39. The standard InChI is InChI=1S/C34H39N3O5S/c1-4-24(22-38)37-29-32(41)35(21-23-11-7-6-8-12-23)19-10-18-34(29)28(31(37)40)27-30(39)36(20-9-17-33(27,3)43-34)25-13-15-26(16-14-25)42-5-2/h6-18,24,27-29,38H,4-5,19-22H2,1-3H3/t24-,27-,28-,29?,33+,34-/m0/s1. The van der Waals surface area contributed by atoms with Crippen molar-refractivity contribution in [2.24, 2.45) is 11.8 Å². The lowest BCUT2D eigenvalue weighted by atomic mass is 9.74. The Hall–Kier alpha value is -3.56. The van der Waals surface area contributed by atoms with Gasteiger partial charge in [-0.1, -0.05) is 61.6 Å². The van der Waals surface area contributed by atoms with Crippen LogP contribution in [0.5, 0.6) is 5.75 Å². The summed E-state index contributed by atoms with van der Waals surface area (Å²) >= 11 is 1.56. The van der Waals surface area contributed by atoms with E-state index in [1.54, 1.807) is 26.5 Å². The first kappa shape index (κ1) is 29.5. The van der Waals surface area contributed by atoms with Crippen LogP contribution >= 0.6 is 11.8 Å². The summed E-state index contributed by atoms with van der Waals surface area (Å²) in [4.78, 5) is 48.9. The number of nitrogens with zero attached hydrogens (tertiary/aromatic N) is 3. The van der Waals surface area contributed by atoms with Gasteiger partial charge >= 0.3 is 0 Å². The van der Waals surface area contributed by atoms with E-state index in [1.165, 1.54) is 0 Å². The lowest BCUT2D eigenvalue weighted by Crippen LogP contribution is -2.56. The highest BCUT2D eigenvalue weighted by atomic mass is 32.2. The molecule has 3 amide bonds. The summed E-state index contributed by atoms with van der Waals surface area (Å²) in [5.74, 6) is -1.25. The molecule has 4 aliphatic heterocycles. The first-order chi connectivity index (χ1) is 20.8. The molecule has 4 aliphatic rings. The third kappa shape index (κ3) is 4.77. The lowest BCUT2D eigenvalue weighted by molar-refractivity contribution is -0.146. The number of thioether (sulfide) groups is 1. The van der Waals surface area contributed by atoms with Crippen molar-refractivity contribution in [3.05, 3.63) is 84.5 Å². The summed E-state index contributed by atoms with van der Waals surface area (Å²) in [6, 6.07) is 15.9. The molecule has 1 N–H and O–H groups in total. The van der Waals surface area contributed by atoms with Gasteiger partial charge in [0.2, 0.25) is 17.7 Å². The minimum atomic E-state index is -0.955. The normalized spacial score (nSPS) is 30.6. The molecule has 9 heteroatoms. The molecule has 2 saturated heterocycles. The average Bonchev–Trinajstić information content (AvgIpc) is 3.28. The van der Waals surface area contributed by atoms with Gasteiger partial charge in [0, 0.05) is 30.1 Å². The Morgan fingerprint density at radius 3 is 2.33 bits per heavy atom. The molecular formula is C34H39N3O5S. The number of rotatable bonds is 8. The van der Waals surface area contributed by atoms with E-state index in [0.29, 0.717) is 32.7 Å². The summed E-state index contributed by atoms with van der Waals surface area (Å²) in [6.07, 6.45) is 8.58. The van der Waals surface area contributed by atoms with Crippen LogP contribution in [0.1, 0.15) is 32.8 Å². The topological polar surface area (TPSA) is 90.4 Å². The maximum absolute atomic E-state index is 14.6. The van der Waals surface area contributed by atoms with Crippen LogP contribution in [0.25, 0.3) is 0 Å². The Bertz CT molecular complexity index is 1440. The number of carbonyl (C=O) groups excluding carboxylic acids is 3. The monoisotopic (exact) mass is 601 g/mol. The average molecular weight is 602 g/mol. The van der Waals surface area contributed by atoms with Crippen molar-refractivity contribution < 1.29 is 24.2 Å². The molecule has 43 heavy (non-hydrogen) atoms. The number of hydrogen-bond donors (Lipinski definition) is 1. The third-order valence-corrected chi connectivity index (χ3v) is 11.1. The van der Waals surface area contributed by atoms with Crippen LogP contribution in [0.15, 0.2) is 78.9 Å². The molecule has 1 spiro atoms. The second-order valence-corrected chi connectivity index (χ2v) is 13.7. The van der Waals surface area contributed by atoms with E-state index >= 15 is 0 Å². The summed E-state index contributed by atoms with van der Waals surface area (Å²) in [7, 11) is 0. The number of hydrogen-bond acceptors (Lipinski definition) is 6. The van der Waals surface area contributed by atoms with Gasteiger partial charge in [-0.3, -0.25) is 14.4 Å². The minimum absolute atomic E-state index is 0.136. The smallest absolute Gasteiger partial charge is 0.247 e. The highest BCUT2D eigenvalue weighted by Gasteiger charge is 2.74. The highest BCUT2D eigenvalue weighted by molar-refractivity contribution is 8.02. The highest BCUT2D eigenvalue weighted by Crippen LogP contribution is 2.66. The molecule has 0 bridgehead atoms. The minimum Gasteiger partial charge on any atom is -0.494 e. The first-order valence-electron chi connectivity index (χ1n) is 15.1. The molecule has 1 unspecified atom stereocenters. The third-order valence-electron chi connectivity index (χ3n) is 9.33. The van der Waals surface area contributed by atoms with E-state index in [2.05, 4.69) is 6.08 Å². The van der Waals surface area contributed by atoms with Gasteiger partial charge in [-0.05, 0) is 50.1 Å². The van der Waals surface area contributed by atoms with Gasteiger partial charge in [0.15, 0.2) is 0 Å². The van der Waals surface area contributed by atoms with Crippen molar-refractivity contribution in [3.8, 4) is 5.75 Å². The molecule has 6 rings (SSSR count). The quantitative estimate of drug-likeness (QED) is 0.460. The van der Waals surface area contributed by atoms with Gasteiger partial charge in [-0.2, -0.15) is 0 Å². The summed E-state index contributed by atoms with van der Waals surface area (Å²) in [5.41, 5.74) is 1.73. The molecule has 2 aromatic carbocycles. The van der Waals surface area contributed by atoms with Crippen LogP contribution in [0.2, 0.25) is 0 Å². The maximum Gasteiger partial charge on any atom is 0.247 e. The Kier molecular flexibility index (Phi) is 7.89.